The van der Waals surface area contributed by atoms with E-state index in [1.807, 2.05) is 27.9 Å². The van der Waals surface area contributed by atoms with Crippen molar-refractivity contribution >= 4 is 34.5 Å². The molecule has 0 aliphatic carbocycles. The average molecular weight is 306 g/mol. The number of halogens is 1. The van der Waals surface area contributed by atoms with E-state index in [1.165, 1.54) is 12.1 Å². The zero-order valence-corrected chi connectivity index (χ0v) is 9.11. The molecule has 3 amide bonds. The topological polar surface area (TPSA) is 92.4 Å². The van der Waals surface area contributed by atoms with E-state index in [9.17, 15) is 14.7 Å². The van der Waals surface area contributed by atoms with Crippen molar-refractivity contribution in [2.24, 2.45) is 5.73 Å². The number of carbonyl (C=O) groups excluding carboxylic acids is 2. The lowest BCUT2D eigenvalue weighted by Crippen LogP contribution is -2.34. The van der Waals surface area contributed by atoms with Gasteiger partial charge in [-0.1, -0.05) is 0 Å². The highest BCUT2D eigenvalue weighted by Gasteiger charge is 2.09. The Balaban J connectivity index is 2.91. The third kappa shape index (κ3) is 2.59. The van der Waals surface area contributed by atoms with Gasteiger partial charge in [0.1, 0.15) is 5.75 Å². The van der Waals surface area contributed by atoms with Crippen molar-refractivity contribution in [3.63, 3.8) is 0 Å². The Morgan fingerprint density at radius 3 is 2.57 bits per heavy atom. The van der Waals surface area contributed by atoms with Gasteiger partial charge in [0, 0.05) is 5.56 Å². The summed E-state index contributed by atoms with van der Waals surface area (Å²) in [6.45, 7) is 0. The summed E-state index contributed by atoms with van der Waals surface area (Å²) in [5.74, 6) is -0.646. The average Bonchev–Trinajstić information content (AvgIpc) is 2.08. The number of nitrogens with two attached hydrogens (primary N) is 1. The Morgan fingerprint density at radius 1 is 1.43 bits per heavy atom. The summed E-state index contributed by atoms with van der Waals surface area (Å²) in [4.78, 5) is 21.6. The molecule has 1 aromatic carbocycles. The second-order valence-electron chi connectivity index (χ2n) is 2.48. The van der Waals surface area contributed by atoms with Crippen molar-refractivity contribution in [2.75, 3.05) is 0 Å². The second-order valence-corrected chi connectivity index (χ2v) is 3.65. The number of nitrogens with one attached hydrogen (secondary N) is 1. The predicted octanol–water partition coefficient (Wildman–Crippen LogP) is 0.805. The van der Waals surface area contributed by atoms with Crippen LogP contribution in [-0.2, 0) is 0 Å². The number of hydrogen-bond acceptors (Lipinski definition) is 3. The summed E-state index contributed by atoms with van der Waals surface area (Å²) >= 11 is 1.92. The Bertz CT molecular complexity index is 392. The number of imide groups is 1. The van der Waals surface area contributed by atoms with Crippen LogP contribution >= 0.6 is 22.6 Å². The Hall–Kier alpha value is -1.31. The van der Waals surface area contributed by atoms with E-state index in [4.69, 9.17) is 5.73 Å². The molecule has 74 valence electrons. The number of amides is 3. The van der Waals surface area contributed by atoms with Gasteiger partial charge in [-0.3, -0.25) is 10.1 Å². The van der Waals surface area contributed by atoms with Gasteiger partial charge in [-0.15, -0.1) is 0 Å². The molecule has 5 nitrogen and oxygen atoms in total. The molecule has 0 saturated carbocycles. The lowest BCUT2D eigenvalue weighted by atomic mass is 10.2. The molecule has 14 heavy (non-hydrogen) atoms. The molecule has 1 aromatic rings. The molecule has 6 heteroatoms. The molecule has 0 unspecified atom stereocenters. The molecule has 0 atom stereocenters. The summed E-state index contributed by atoms with van der Waals surface area (Å²) in [5, 5.41) is 11.2. The summed E-state index contributed by atoms with van der Waals surface area (Å²) in [6, 6.07) is 3.39. The Kier molecular flexibility index (Phi) is 3.28. The van der Waals surface area contributed by atoms with Crippen LogP contribution in [0.3, 0.4) is 0 Å². The number of primary amides is 1. The van der Waals surface area contributed by atoms with Crippen LogP contribution in [0.2, 0.25) is 0 Å². The van der Waals surface area contributed by atoms with Gasteiger partial charge in [0.25, 0.3) is 5.91 Å². The second kappa shape index (κ2) is 4.27. The smallest absolute Gasteiger partial charge is 0.319 e. The quantitative estimate of drug-likeness (QED) is 0.670. The number of urea groups is 1. The minimum Gasteiger partial charge on any atom is -0.507 e. The number of rotatable bonds is 1. The predicted molar refractivity (Wildman–Crippen MR) is 57.9 cm³/mol. The first-order valence-corrected chi connectivity index (χ1v) is 4.68. The fourth-order valence-electron chi connectivity index (χ4n) is 0.838. The van der Waals surface area contributed by atoms with Gasteiger partial charge < -0.3 is 10.8 Å². The number of hydrogen-bond donors (Lipinski definition) is 3. The van der Waals surface area contributed by atoms with E-state index in [-0.39, 0.29) is 11.3 Å². The van der Waals surface area contributed by atoms with E-state index < -0.39 is 11.9 Å². The fraction of sp³-hybridized carbons (Fsp3) is 0. The van der Waals surface area contributed by atoms with Gasteiger partial charge in [0.15, 0.2) is 0 Å². The SMILES string of the molecule is NC(=O)NC(=O)c1ccc(I)c(O)c1. The first-order valence-electron chi connectivity index (χ1n) is 3.60. The van der Waals surface area contributed by atoms with Crippen LogP contribution in [0.15, 0.2) is 18.2 Å². The Morgan fingerprint density at radius 2 is 2.07 bits per heavy atom. The van der Waals surface area contributed by atoms with E-state index in [2.05, 4.69) is 0 Å². The standard InChI is InChI=1S/C8H7IN2O3/c9-5-2-1-4(3-6(5)12)7(13)11-8(10)14/h1-3,12H,(H3,10,11,13,14). The zero-order valence-electron chi connectivity index (χ0n) is 6.95. The molecule has 0 aromatic heterocycles. The van der Waals surface area contributed by atoms with E-state index in [0.717, 1.165) is 0 Å². The van der Waals surface area contributed by atoms with Crippen LogP contribution in [0.25, 0.3) is 0 Å². The molecule has 1 rings (SSSR count). The molecule has 0 aliphatic rings. The fourth-order valence-corrected chi connectivity index (χ4v) is 1.17. The van der Waals surface area contributed by atoms with E-state index >= 15 is 0 Å². The number of benzene rings is 1. The van der Waals surface area contributed by atoms with E-state index in [0.29, 0.717) is 3.57 Å². The first-order chi connectivity index (χ1) is 6.50. The molecule has 0 aliphatic heterocycles. The van der Waals surface area contributed by atoms with Crippen LogP contribution in [0, 0.1) is 3.57 Å². The lowest BCUT2D eigenvalue weighted by molar-refractivity contribution is 0.0966. The number of phenols is 1. The van der Waals surface area contributed by atoms with Gasteiger partial charge in [0.2, 0.25) is 0 Å². The van der Waals surface area contributed by atoms with Crippen molar-refractivity contribution in [2.45, 2.75) is 0 Å². The molecular formula is C8H7IN2O3. The molecule has 0 fully saturated rings. The highest BCUT2D eigenvalue weighted by Crippen LogP contribution is 2.20. The van der Waals surface area contributed by atoms with Crippen molar-refractivity contribution in [1.82, 2.24) is 5.32 Å². The largest absolute Gasteiger partial charge is 0.507 e. The van der Waals surface area contributed by atoms with Gasteiger partial charge >= 0.3 is 6.03 Å². The van der Waals surface area contributed by atoms with Gasteiger partial charge in [0.05, 0.1) is 3.57 Å². The third-order valence-corrected chi connectivity index (χ3v) is 2.36. The number of phenolic OH excluding ortho intramolecular Hbond substituents is 1. The van der Waals surface area contributed by atoms with E-state index in [1.54, 1.807) is 6.07 Å². The first kappa shape index (κ1) is 10.8. The third-order valence-electron chi connectivity index (χ3n) is 1.45. The molecule has 0 spiro atoms. The van der Waals surface area contributed by atoms with Gasteiger partial charge in [-0.25, -0.2) is 4.79 Å². The summed E-state index contributed by atoms with van der Waals surface area (Å²) in [5.41, 5.74) is 4.95. The summed E-state index contributed by atoms with van der Waals surface area (Å²) in [6.07, 6.45) is 0. The van der Waals surface area contributed by atoms with Crippen LogP contribution in [-0.4, -0.2) is 17.0 Å². The highest BCUT2D eigenvalue weighted by atomic mass is 127. The minimum atomic E-state index is -0.923. The summed E-state index contributed by atoms with van der Waals surface area (Å²) < 4.78 is 0.623. The van der Waals surface area contributed by atoms with Gasteiger partial charge in [-0.2, -0.15) is 0 Å². The summed E-state index contributed by atoms with van der Waals surface area (Å²) in [7, 11) is 0. The van der Waals surface area contributed by atoms with Crippen LogP contribution in [0.4, 0.5) is 4.79 Å². The number of aromatic hydroxyl groups is 1. The van der Waals surface area contributed by atoms with Crippen molar-refractivity contribution in [1.29, 1.82) is 0 Å². The monoisotopic (exact) mass is 306 g/mol. The number of carbonyl (C=O) groups is 2. The maximum atomic E-state index is 11.2. The zero-order chi connectivity index (χ0) is 10.7. The normalized spacial score (nSPS) is 9.50. The molecule has 0 saturated heterocycles. The molecule has 0 radical (unpaired) electrons. The lowest BCUT2D eigenvalue weighted by Gasteiger charge is -2.02. The Labute approximate surface area is 93.4 Å². The molecular weight excluding hydrogens is 299 g/mol. The highest BCUT2D eigenvalue weighted by molar-refractivity contribution is 14.1. The van der Waals surface area contributed by atoms with Gasteiger partial charge in [-0.05, 0) is 40.8 Å². The van der Waals surface area contributed by atoms with Crippen molar-refractivity contribution < 1.29 is 14.7 Å². The van der Waals surface area contributed by atoms with Crippen molar-refractivity contribution in [3.8, 4) is 5.75 Å². The van der Waals surface area contributed by atoms with Crippen LogP contribution < -0.4 is 11.1 Å². The maximum absolute atomic E-state index is 11.2. The minimum absolute atomic E-state index is 0.0114. The molecule has 0 bridgehead atoms. The maximum Gasteiger partial charge on any atom is 0.319 e. The van der Waals surface area contributed by atoms with Crippen LogP contribution in [0.1, 0.15) is 10.4 Å². The van der Waals surface area contributed by atoms with Crippen LogP contribution in [0.5, 0.6) is 5.75 Å². The molecule has 0 heterocycles. The molecule has 4 N–H and O–H groups in total. The van der Waals surface area contributed by atoms with Crippen molar-refractivity contribution in [3.05, 3.63) is 27.3 Å².